The van der Waals surface area contributed by atoms with Crippen molar-refractivity contribution in [2.75, 3.05) is 0 Å². The van der Waals surface area contributed by atoms with E-state index in [-0.39, 0.29) is 41.1 Å². The van der Waals surface area contributed by atoms with Gasteiger partial charge in [0.25, 0.3) is 0 Å². The van der Waals surface area contributed by atoms with E-state index in [0.717, 1.165) is 12.0 Å². The van der Waals surface area contributed by atoms with Crippen molar-refractivity contribution in [2.45, 2.75) is 40.2 Å². The fourth-order valence-corrected chi connectivity index (χ4v) is 3.12. The van der Waals surface area contributed by atoms with Crippen molar-refractivity contribution < 1.29 is 31.3 Å². The third-order valence-electron chi connectivity index (χ3n) is 5.01. The van der Waals surface area contributed by atoms with Crippen LogP contribution in [0.2, 0.25) is 0 Å². The van der Waals surface area contributed by atoms with Crippen molar-refractivity contribution in [1.29, 1.82) is 0 Å². The summed E-state index contributed by atoms with van der Waals surface area (Å²) in [6, 6.07) is 22.4. The summed E-state index contributed by atoms with van der Waals surface area (Å²) in [4.78, 5) is 0. The molecule has 2 aromatic rings. The molecule has 0 saturated carbocycles. The molecule has 2 aromatic carbocycles. The molecule has 0 aromatic heterocycles. The summed E-state index contributed by atoms with van der Waals surface area (Å²) in [5, 5.41) is 10.3. The molecular weight excluding hydrogens is 407 g/mol. The van der Waals surface area contributed by atoms with Crippen molar-refractivity contribution >= 4 is 0 Å². The van der Waals surface area contributed by atoms with E-state index in [1.54, 1.807) is 0 Å². The number of aliphatic hydroxyl groups is 1. The van der Waals surface area contributed by atoms with Crippen LogP contribution in [0.15, 0.2) is 83.0 Å². The smallest absolute Gasteiger partial charge is 0.388 e. The predicted molar refractivity (Wildman–Crippen MR) is 114 cm³/mol. The van der Waals surface area contributed by atoms with Crippen molar-refractivity contribution in [3.8, 4) is 0 Å². The van der Waals surface area contributed by atoms with E-state index in [0.29, 0.717) is 5.92 Å². The second kappa shape index (κ2) is 13.9. The summed E-state index contributed by atoms with van der Waals surface area (Å²) in [5.41, 5.74) is 6.61. The van der Waals surface area contributed by atoms with Gasteiger partial charge < -0.3 is 20.0 Å². The van der Waals surface area contributed by atoms with Crippen LogP contribution in [0.25, 0.3) is 0 Å². The molecule has 0 aliphatic heterocycles. The van der Waals surface area contributed by atoms with Gasteiger partial charge in [-0.2, -0.15) is 36.4 Å². The van der Waals surface area contributed by atoms with Crippen LogP contribution in [-0.4, -0.2) is 5.11 Å². The van der Waals surface area contributed by atoms with E-state index in [1.807, 2.05) is 60.7 Å². The first-order valence-electron chi connectivity index (χ1n) is 8.53. The molecule has 1 radical (unpaired) electrons. The second-order valence-corrected chi connectivity index (χ2v) is 6.39. The molecule has 0 heterocycles. The van der Waals surface area contributed by atoms with Gasteiger partial charge in [-0.15, -0.1) is 0 Å². The summed E-state index contributed by atoms with van der Waals surface area (Å²) in [6.07, 6.45) is 0.350. The van der Waals surface area contributed by atoms with Crippen LogP contribution in [0.3, 0.4) is 0 Å². The summed E-state index contributed by atoms with van der Waals surface area (Å²) >= 11 is 0. The Labute approximate surface area is 186 Å². The average Bonchev–Trinajstić information content (AvgIpc) is 2.82. The Morgan fingerprint density at radius 2 is 1.41 bits per heavy atom. The normalized spacial score (nSPS) is 16.3. The van der Waals surface area contributed by atoms with Gasteiger partial charge in [0.05, 0.1) is 6.10 Å². The van der Waals surface area contributed by atoms with E-state index in [4.69, 9.17) is 0 Å². The van der Waals surface area contributed by atoms with E-state index in [9.17, 15) is 5.11 Å². The van der Waals surface area contributed by atoms with Gasteiger partial charge in [-0.1, -0.05) is 48.4 Å². The fourth-order valence-electron chi connectivity index (χ4n) is 3.12. The van der Waals surface area contributed by atoms with Gasteiger partial charge in [0.2, 0.25) is 0 Å². The van der Waals surface area contributed by atoms with Crippen molar-refractivity contribution in [1.82, 2.24) is 0 Å². The van der Waals surface area contributed by atoms with E-state index < -0.39 is 6.10 Å². The van der Waals surface area contributed by atoms with E-state index in [2.05, 4.69) is 33.8 Å². The van der Waals surface area contributed by atoms with Crippen LogP contribution in [0.1, 0.15) is 45.8 Å². The Balaban J connectivity index is 0. The van der Waals surface area contributed by atoms with Crippen LogP contribution < -0.4 is 0 Å². The van der Waals surface area contributed by atoms with Crippen LogP contribution in [-0.2, 0) is 26.2 Å². The number of allylic oxidation sites excluding steroid dienone is 3. The van der Waals surface area contributed by atoms with E-state index in [1.165, 1.54) is 22.3 Å². The molecule has 2 atom stereocenters. The molecule has 2 heteroatoms. The Morgan fingerprint density at radius 1 is 0.889 bits per heavy atom. The fraction of sp³-hybridized carbons (Fsp3) is 0.280. The molecule has 0 saturated heterocycles. The summed E-state index contributed by atoms with van der Waals surface area (Å²) in [5.74, 6) is 0.475. The summed E-state index contributed by atoms with van der Waals surface area (Å²) in [7, 11) is 0. The monoisotopic (exact) mass is 439 g/mol. The van der Waals surface area contributed by atoms with Gasteiger partial charge >= 0.3 is 26.2 Å². The van der Waals surface area contributed by atoms with Crippen LogP contribution in [0.5, 0.6) is 0 Å². The molecule has 0 amide bonds. The largest absolute Gasteiger partial charge is 3.00 e. The SMILES string of the molecule is CC1=C(C)C(C)C(CC(O)c2ccccc2)=C1C.[CH3-].[CH3-].[Zr+3].[c-]1ccccc1. The molecule has 143 valence electrons. The molecule has 1 aliphatic carbocycles. The zero-order chi connectivity index (χ0) is 17.5. The minimum absolute atomic E-state index is 0. The molecule has 0 spiro atoms. The third kappa shape index (κ3) is 7.72. The number of benzene rings is 2. The predicted octanol–water partition coefficient (Wildman–Crippen LogP) is 6.80. The summed E-state index contributed by atoms with van der Waals surface area (Å²) < 4.78 is 0. The molecule has 3 rings (SSSR count). The van der Waals surface area contributed by atoms with Crippen molar-refractivity contribution in [3.05, 3.63) is 109 Å². The van der Waals surface area contributed by atoms with Crippen LogP contribution in [0, 0.1) is 26.8 Å². The van der Waals surface area contributed by atoms with Gasteiger partial charge in [0.1, 0.15) is 0 Å². The van der Waals surface area contributed by atoms with Gasteiger partial charge in [-0.3, -0.25) is 0 Å². The Bertz CT molecular complexity index is 675. The molecular formula is C25H33OZr. The van der Waals surface area contributed by atoms with Crippen molar-refractivity contribution in [3.63, 3.8) is 0 Å². The first kappa shape index (κ1) is 28.0. The standard InChI is InChI=1S/C17H22O.C6H5.2CH3.Zr/c1-11-12(2)14(4)16(13(11)3)10-17(18)15-8-6-5-7-9-15;1-2-4-6-5-3-1;;;/h5-9,13,17-18H,10H2,1-4H3;1-5H;2*1H3;/q;3*-1;+3. The van der Waals surface area contributed by atoms with Crippen molar-refractivity contribution in [2.24, 2.45) is 5.92 Å². The zero-order valence-corrected chi connectivity index (χ0v) is 20.0. The number of rotatable bonds is 3. The quantitative estimate of drug-likeness (QED) is 0.520. The van der Waals surface area contributed by atoms with Gasteiger partial charge in [-0.25, -0.2) is 0 Å². The Hall–Kier alpha value is -1.24. The molecule has 0 fully saturated rings. The average molecular weight is 441 g/mol. The molecule has 27 heavy (non-hydrogen) atoms. The zero-order valence-electron chi connectivity index (χ0n) is 17.6. The third-order valence-corrected chi connectivity index (χ3v) is 5.01. The molecule has 1 N–H and O–H groups in total. The molecule has 1 aliphatic rings. The topological polar surface area (TPSA) is 20.2 Å². The first-order chi connectivity index (χ1) is 11.5. The van der Waals surface area contributed by atoms with Gasteiger partial charge in [-0.05, 0) is 49.8 Å². The Morgan fingerprint density at radius 3 is 1.78 bits per heavy atom. The molecule has 2 unspecified atom stereocenters. The first-order valence-corrected chi connectivity index (χ1v) is 8.53. The maximum absolute atomic E-state index is 10.3. The molecule has 1 nitrogen and oxygen atoms in total. The number of hydrogen-bond acceptors (Lipinski definition) is 1. The minimum atomic E-state index is -0.391. The number of hydrogen-bond donors (Lipinski definition) is 1. The number of aliphatic hydroxyl groups excluding tert-OH is 1. The second-order valence-electron chi connectivity index (χ2n) is 6.39. The minimum Gasteiger partial charge on any atom is -0.388 e. The van der Waals surface area contributed by atoms with Gasteiger partial charge in [0, 0.05) is 0 Å². The maximum atomic E-state index is 10.3. The molecule has 0 bridgehead atoms. The maximum Gasteiger partial charge on any atom is 3.00 e. The van der Waals surface area contributed by atoms with Crippen LogP contribution >= 0.6 is 0 Å². The summed E-state index contributed by atoms with van der Waals surface area (Å²) in [6.45, 7) is 8.80. The van der Waals surface area contributed by atoms with Crippen LogP contribution in [0.4, 0.5) is 0 Å². The van der Waals surface area contributed by atoms with Gasteiger partial charge in [0.15, 0.2) is 0 Å². The Kier molecular flexibility index (Phi) is 14.4. The van der Waals surface area contributed by atoms with E-state index >= 15 is 0 Å².